The van der Waals surface area contributed by atoms with Gasteiger partial charge in [-0.3, -0.25) is 4.79 Å². The Kier molecular flexibility index (Phi) is 4.98. The number of carbonyl (C=O) groups excluding carboxylic acids is 1. The van der Waals surface area contributed by atoms with Gasteiger partial charge in [-0.15, -0.1) is 5.10 Å². The lowest BCUT2D eigenvalue weighted by Crippen LogP contribution is -2.14. The van der Waals surface area contributed by atoms with Gasteiger partial charge in [0.05, 0.1) is 5.69 Å². The highest BCUT2D eigenvalue weighted by atomic mass is 32.1. The Morgan fingerprint density at radius 2 is 2.33 bits per heavy atom. The van der Waals surface area contributed by atoms with Crippen molar-refractivity contribution in [2.24, 2.45) is 0 Å². The van der Waals surface area contributed by atoms with Crippen LogP contribution < -0.4 is 5.32 Å². The average Bonchev–Trinajstić information content (AvgIpc) is 2.95. The van der Waals surface area contributed by atoms with Crippen molar-refractivity contribution < 1.29 is 9.90 Å². The molecule has 2 N–H and O–H groups in total. The molecule has 0 saturated heterocycles. The molecule has 2 aromatic rings. The zero-order valence-electron chi connectivity index (χ0n) is 11.6. The van der Waals surface area contributed by atoms with E-state index in [1.165, 1.54) is 0 Å². The predicted octanol–water partition coefficient (Wildman–Crippen LogP) is 1.65. The van der Waals surface area contributed by atoms with E-state index in [1.807, 2.05) is 13.8 Å². The Balaban J connectivity index is 2.18. The van der Waals surface area contributed by atoms with Gasteiger partial charge in [0.15, 0.2) is 0 Å². The highest BCUT2D eigenvalue weighted by molar-refractivity contribution is 7.08. The van der Waals surface area contributed by atoms with Crippen LogP contribution in [-0.2, 0) is 0 Å². The maximum absolute atomic E-state index is 12.2. The molecule has 0 aliphatic heterocycles. The highest BCUT2D eigenvalue weighted by Gasteiger charge is 2.19. The predicted molar refractivity (Wildman–Crippen MR) is 80.2 cm³/mol. The van der Waals surface area contributed by atoms with Crippen molar-refractivity contribution in [3.63, 3.8) is 0 Å². The fraction of sp³-hybridized carbons (Fsp3) is 0.286. The van der Waals surface area contributed by atoms with Crippen molar-refractivity contribution in [3.8, 4) is 11.8 Å². The van der Waals surface area contributed by atoms with E-state index < -0.39 is 0 Å². The third-order valence-corrected chi connectivity index (χ3v) is 3.32. The topological polar surface area (TPSA) is 88.0 Å². The van der Waals surface area contributed by atoms with E-state index in [0.29, 0.717) is 22.0 Å². The standard InChI is InChI=1S/C14H14N4O2S/c1-9(2)12-13(21-18-17-12)14(20)16-11-8-10(4-3-7-19)5-6-15-11/h5-6,8-9,19H,7H2,1-2H3,(H,15,16,20). The van der Waals surface area contributed by atoms with E-state index in [0.717, 1.165) is 11.5 Å². The number of rotatable bonds is 3. The SMILES string of the molecule is CC(C)c1nnsc1C(=O)Nc1cc(C#CCO)ccn1. The second-order valence-corrected chi connectivity index (χ2v) is 5.24. The third-order valence-electron chi connectivity index (χ3n) is 2.58. The summed E-state index contributed by atoms with van der Waals surface area (Å²) in [6.07, 6.45) is 1.55. The smallest absolute Gasteiger partial charge is 0.270 e. The molecule has 0 aliphatic rings. The van der Waals surface area contributed by atoms with Crippen LogP contribution in [0, 0.1) is 11.8 Å². The van der Waals surface area contributed by atoms with Gasteiger partial charge in [-0.25, -0.2) is 4.98 Å². The summed E-state index contributed by atoms with van der Waals surface area (Å²) in [5, 5.41) is 15.4. The van der Waals surface area contributed by atoms with Crippen LogP contribution >= 0.6 is 11.5 Å². The molecule has 2 heterocycles. The molecule has 1 amide bonds. The number of amides is 1. The molecule has 2 rings (SSSR count). The van der Waals surface area contributed by atoms with Crippen molar-refractivity contribution >= 4 is 23.3 Å². The van der Waals surface area contributed by atoms with Crippen LogP contribution in [0.25, 0.3) is 0 Å². The number of nitrogens with one attached hydrogen (secondary N) is 1. The van der Waals surface area contributed by atoms with Gasteiger partial charge < -0.3 is 10.4 Å². The molecule has 0 radical (unpaired) electrons. The number of carbonyl (C=O) groups is 1. The lowest BCUT2D eigenvalue weighted by Gasteiger charge is -2.05. The summed E-state index contributed by atoms with van der Waals surface area (Å²) < 4.78 is 3.82. The molecule has 0 fully saturated rings. The molecule has 6 nitrogen and oxygen atoms in total. The maximum atomic E-state index is 12.2. The lowest BCUT2D eigenvalue weighted by atomic mass is 10.1. The number of anilines is 1. The summed E-state index contributed by atoms with van der Waals surface area (Å²) in [6.45, 7) is 3.70. The minimum atomic E-state index is -0.284. The van der Waals surface area contributed by atoms with Gasteiger partial charge in [0.1, 0.15) is 17.3 Å². The summed E-state index contributed by atoms with van der Waals surface area (Å²) in [6, 6.07) is 3.34. The molecule has 2 aromatic heterocycles. The molecular formula is C14H14N4O2S. The average molecular weight is 302 g/mol. The number of nitrogens with zero attached hydrogens (tertiary/aromatic N) is 3. The van der Waals surface area contributed by atoms with E-state index >= 15 is 0 Å². The Hall–Kier alpha value is -2.30. The van der Waals surface area contributed by atoms with Gasteiger partial charge >= 0.3 is 0 Å². The molecular weight excluding hydrogens is 288 g/mol. The first-order valence-electron chi connectivity index (χ1n) is 6.31. The molecule has 0 aliphatic carbocycles. The molecule has 0 atom stereocenters. The van der Waals surface area contributed by atoms with E-state index in [9.17, 15) is 4.79 Å². The minimum Gasteiger partial charge on any atom is -0.384 e. The first kappa shape index (κ1) is 15.1. The Bertz CT molecular complexity index is 700. The number of aromatic nitrogens is 3. The van der Waals surface area contributed by atoms with Crippen molar-refractivity contribution in [3.05, 3.63) is 34.5 Å². The van der Waals surface area contributed by atoms with Gasteiger partial charge in [0.2, 0.25) is 0 Å². The molecule has 7 heteroatoms. The number of aliphatic hydroxyl groups excluding tert-OH is 1. The zero-order valence-corrected chi connectivity index (χ0v) is 12.4. The second-order valence-electron chi connectivity index (χ2n) is 4.49. The van der Waals surface area contributed by atoms with E-state index in [1.54, 1.807) is 18.3 Å². The van der Waals surface area contributed by atoms with Gasteiger partial charge in [0.25, 0.3) is 5.91 Å². The fourth-order valence-electron chi connectivity index (χ4n) is 1.62. The van der Waals surface area contributed by atoms with Crippen molar-refractivity contribution in [2.45, 2.75) is 19.8 Å². The summed E-state index contributed by atoms with van der Waals surface area (Å²) in [5.41, 5.74) is 1.34. The Labute approximate surface area is 126 Å². The van der Waals surface area contributed by atoms with E-state index in [2.05, 4.69) is 31.7 Å². The Morgan fingerprint density at radius 3 is 3.05 bits per heavy atom. The van der Waals surface area contributed by atoms with Crippen LogP contribution in [0.15, 0.2) is 18.3 Å². The van der Waals surface area contributed by atoms with E-state index in [-0.39, 0.29) is 18.4 Å². The van der Waals surface area contributed by atoms with Crippen molar-refractivity contribution in [2.75, 3.05) is 11.9 Å². The molecule has 0 spiro atoms. The third kappa shape index (κ3) is 3.84. The quantitative estimate of drug-likeness (QED) is 0.842. The zero-order chi connectivity index (χ0) is 15.2. The molecule has 0 saturated carbocycles. The van der Waals surface area contributed by atoms with Crippen molar-refractivity contribution in [1.82, 2.24) is 14.6 Å². The lowest BCUT2D eigenvalue weighted by molar-refractivity contribution is 0.102. The highest BCUT2D eigenvalue weighted by Crippen LogP contribution is 2.20. The summed E-state index contributed by atoms with van der Waals surface area (Å²) in [7, 11) is 0. The van der Waals surface area contributed by atoms with Crippen LogP contribution in [-0.4, -0.2) is 32.2 Å². The molecule has 0 unspecified atom stereocenters. The number of pyridine rings is 1. The molecule has 108 valence electrons. The van der Waals surface area contributed by atoms with Crippen LogP contribution in [0.2, 0.25) is 0 Å². The van der Waals surface area contributed by atoms with E-state index in [4.69, 9.17) is 5.11 Å². The monoisotopic (exact) mass is 302 g/mol. The van der Waals surface area contributed by atoms with Gasteiger partial charge in [-0.05, 0) is 29.6 Å². The second kappa shape index (κ2) is 6.92. The van der Waals surface area contributed by atoms with Gasteiger partial charge in [0, 0.05) is 11.8 Å². The fourth-order valence-corrected chi connectivity index (χ4v) is 2.34. The number of hydrogen-bond donors (Lipinski definition) is 2. The summed E-state index contributed by atoms with van der Waals surface area (Å²) >= 11 is 1.06. The molecule has 21 heavy (non-hydrogen) atoms. The normalized spacial score (nSPS) is 10.1. The van der Waals surface area contributed by atoms with Gasteiger partial charge in [-0.2, -0.15) is 0 Å². The minimum absolute atomic E-state index is 0.124. The first-order valence-corrected chi connectivity index (χ1v) is 7.08. The molecule has 0 aromatic carbocycles. The maximum Gasteiger partial charge on any atom is 0.270 e. The number of aliphatic hydroxyl groups is 1. The first-order chi connectivity index (χ1) is 10.1. The van der Waals surface area contributed by atoms with Crippen LogP contribution in [0.4, 0.5) is 5.82 Å². The van der Waals surface area contributed by atoms with Crippen LogP contribution in [0.3, 0.4) is 0 Å². The number of hydrogen-bond acceptors (Lipinski definition) is 6. The Morgan fingerprint density at radius 1 is 1.52 bits per heavy atom. The molecule has 0 bridgehead atoms. The van der Waals surface area contributed by atoms with Gasteiger partial charge in [-0.1, -0.05) is 30.2 Å². The summed E-state index contributed by atoms with van der Waals surface area (Å²) in [5.74, 6) is 5.54. The summed E-state index contributed by atoms with van der Waals surface area (Å²) in [4.78, 5) is 16.8. The van der Waals surface area contributed by atoms with Crippen LogP contribution in [0.1, 0.15) is 40.7 Å². The van der Waals surface area contributed by atoms with Crippen molar-refractivity contribution in [1.29, 1.82) is 0 Å². The van der Waals surface area contributed by atoms with Crippen LogP contribution in [0.5, 0.6) is 0 Å². The largest absolute Gasteiger partial charge is 0.384 e.